The van der Waals surface area contributed by atoms with E-state index < -0.39 is 17.5 Å². The Kier molecular flexibility index (Phi) is 4.72. The number of hydrogen-bond acceptors (Lipinski definition) is 4. The lowest BCUT2D eigenvalue weighted by atomic mass is 10.2. The van der Waals surface area contributed by atoms with E-state index in [0.717, 1.165) is 6.07 Å². The Morgan fingerprint density at radius 1 is 1.13 bits per heavy atom. The zero-order valence-corrected chi connectivity index (χ0v) is 13.4. The van der Waals surface area contributed by atoms with Gasteiger partial charge in [0.2, 0.25) is 0 Å². The van der Waals surface area contributed by atoms with Crippen molar-refractivity contribution in [1.29, 1.82) is 0 Å². The van der Waals surface area contributed by atoms with E-state index in [9.17, 15) is 18.0 Å². The van der Waals surface area contributed by atoms with E-state index in [0.29, 0.717) is 31.9 Å². The van der Waals surface area contributed by atoms with Gasteiger partial charge in [0.1, 0.15) is 11.3 Å². The van der Waals surface area contributed by atoms with E-state index in [4.69, 9.17) is 4.74 Å². The van der Waals surface area contributed by atoms with Gasteiger partial charge in [0.05, 0.1) is 11.9 Å². The third-order valence-corrected chi connectivity index (χ3v) is 3.33. The van der Waals surface area contributed by atoms with E-state index in [1.54, 1.807) is 25.7 Å². The van der Waals surface area contributed by atoms with Gasteiger partial charge in [0, 0.05) is 26.2 Å². The van der Waals surface area contributed by atoms with Crippen molar-refractivity contribution in [1.82, 2.24) is 9.88 Å². The fourth-order valence-corrected chi connectivity index (χ4v) is 2.21. The molecule has 0 aromatic carbocycles. The fourth-order valence-electron chi connectivity index (χ4n) is 2.21. The lowest BCUT2D eigenvalue weighted by molar-refractivity contribution is -0.141. The highest BCUT2D eigenvalue weighted by atomic mass is 19.4. The Bertz CT molecular complexity index is 545. The molecular weight excluding hydrogens is 311 g/mol. The maximum Gasteiger partial charge on any atom is 0.433 e. The average Bonchev–Trinajstić information content (AvgIpc) is 2.45. The van der Waals surface area contributed by atoms with Gasteiger partial charge in [-0.05, 0) is 32.9 Å². The average molecular weight is 331 g/mol. The highest BCUT2D eigenvalue weighted by molar-refractivity contribution is 5.68. The Morgan fingerprint density at radius 2 is 1.74 bits per heavy atom. The van der Waals surface area contributed by atoms with Crippen LogP contribution < -0.4 is 4.90 Å². The summed E-state index contributed by atoms with van der Waals surface area (Å²) < 4.78 is 42.8. The van der Waals surface area contributed by atoms with Gasteiger partial charge in [-0.1, -0.05) is 0 Å². The normalized spacial score (nSPS) is 16.4. The molecule has 1 aromatic heterocycles. The molecule has 0 spiro atoms. The molecule has 0 unspecified atom stereocenters. The van der Waals surface area contributed by atoms with Crippen molar-refractivity contribution in [3.8, 4) is 0 Å². The van der Waals surface area contributed by atoms with Gasteiger partial charge >= 0.3 is 12.3 Å². The predicted octanol–water partition coefficient (Wildman–Crippen LogP) is 3.16. The van der Waals surface area contributed by atoms with Gasteiger partial charge in [0.25, 0.3) is 0 Å². The minimum Gasteiger partial charge on any atom is -0.444 e. The molecule has 1 fully saturated rings. The van der Waals surface area contributed by atoms with E-state index in [1.165, 1.54) is 12.3 Å². The van der Waals surface area contributed by atoms with Crippen LogP contribution >= 0.6 is 0 Å². The highest BCUT2D eigenvalue weighted by Gasteiger charge is 2.32. The third-order valence-electron chi connectivity index (χ3n) is 3.33. The minimum atomic E-state index is -4.44. The Morgan fingerprint density at radius 3 is 2.17 bits per heavy atom. The molecule has 0 atom stereocenters. The van der Waals surface area contributed by atoms with Gasteiger partial charge in [-0.2, -0.15) is 13.2 Å². The topological polar surface area (TPSA) is 45.7 Å². The molecule has 0 bridgehead atoms. The number of carbonyl (C=O) groups is 1. The first-order valence-electron chi connectivity index (χ1n) is 7.32. The lowest BCUT2D eigenvalue weighted by Crippen LogP contribution is -2.50. The molecular formula is C15H20F3N3O2. The first-order chi connectivity index (χ1) is 10.6. The predicted molar refractivity (Wildman–Crippen MR) is 79.3 cm³/mol. The number of amides is 1. The van der Waals surface area contributed by atoms with Crippen LogP contribution in [0.15, 0.2) is 18.3 Å². The number of hydrogen-bond donors (Lipinski definition) is 0. The summed E-state index contributed by atoms with van der Waals surface area (Å²) in [7, 11) is 0. The zero-order chi connectivity index (χ0) is 17.3. The van der Waals surface area contributed by atoms with Crippen LogP contribution in [0.2, 0.25) is 0 Å². The van der Waals surface area contributed by atoms with Crippen LogP contribution in [0, 0.1) is 0 Å². The lowest BCUT2D eigenvalue weighted by Gasteiger charge is -2.36. The molecule has 0 N–H and O–H groups in total. The van der Waals surface area contributed by atoms with Gasteiger partial charge in [-0.15, -0.1) is 0 Å². The number of aromatic nitrogens is 1. The number of pyridine rings is 1. The number of anilines is 1. The largest absolute Gasteiger partial charge is 0.444 e. The van der Waals surface area contributed by atoms with E-state index in [-0.39, 0.29) is 6.09 Å². The zero-order valence-electron chi connectivity index (χ0n) is 13.4. The third kappa shape index (κ3) is 4.74. The van der Waals surface area contributed by atoms with Crippen molar-refractivity contribution in [3.05, 3.63) is 24.0 Å². The van der Waals surface area contributed by atoms with E-state index in [1.807, 2.05) is 4.90 Å². The summed E-state index contributed by atoms with van der Waals surface area (Å²) in [6, 6.07) is 2.37. The number of carbonyl (C=O) groups excluding carboxylic acids is 1. The van der Waals surface area contributed by atoms with E-state index >= 15 is 0 Å². The second-order valence-electron chi connectivity index (χ2n) is 6.35. The molecule has 2 rings (SSSR count). The summed E-state index contributed by atoms with van der Waals surface area (Å²) >= 11 is 0. The monoisotopic (exact) mass is 331 g/mol. The number of rotatable bonds is 1. The van der Waals surface area contributed by atoms with Crippen molar-refractivity contribution >= 4 is 11.8 Å². The maximum absolute atomic E-state index is 12.5. The number of ether oxygens (including phenoxy) is 1. The molecule has 1 amide bonds. The molecule has 0 saturated carbocycles. The van der Waals surface area contributed by atoms with Crippen LogP contribution in [0.5, 0.6) is 0 Å². The van der Waals surface area contributed by atoms with Crippen molar-refractivity contribution in [2.75, 3.05) is 31.1 Å². The second kappa shape index (κ2) is 6.25. The van der Waals surface area contributed by atoms with Crippen molar-refractivity contribution in [3.63, 3.8) is 0 Å². The number of halogens is 3. The molecule has 128 valence electrons. The van der Waals surface area contributed by atoms with Crippen LogP contribution in [-0.4, -0.2) is 47.8 Å². The Labute approximate surface area is 133 Å². The van der Waals surface area contributed by atoms with Gasteiger partial charge in [0.15, 0.2) is 0 Å². The quantitative estimate of drug-likeness (QED) is 0.793. The standard InChI is InChI=1S/C15H20F3N3O2/c1-14(2,3)23-13(22)21-8-6-20(7-9-21)11-4-5-12(19-10-11)15(16,17)18/h4-5,10H,6-9H2,1-3H3. The Hall–Kier alpha value is -1.99. The number of alkyl halides is 3. The summed E-state index contributed by atoms with van der Waals surface area (Å²) in [6.45, 7) is 7.35. The molecule has 23 heavy (non-hydrogen) atoms. The first-order valence-corrected chi connectivity index (χ1v) is 7.32. The minimum absolute atomic E-state index is 0.373. The van der Waals surface area contributed by atoms with E-state index in [2.05, 4.69) is 4.98 Å². The van der Waals surface area contributed by atoms with Gasteiger partial charge in [-0.3, -0.25) is 0 Å². The van der Waals surface area contributed by atoms with Crippen LogP contribution in [0.4, 0.5) is 23.7 Å². The molecule has 0 aliphatic carbocycles. The summed E-state index contributed by atoms with van der Waals surface area (Å²) in [6.07, 6.45) is -3.59. The molecule has 1 aliphatic heterocycles. The molecule has 1 aromatic rings. The van der Waals surface area contributed by atoms with Crippen molar-refractivity contribution in [2.24, 2.45) is 0 Å². The number of piperazine rings is 1. The highest BCUT2D eigenvalue weighted by Crippen LogP contribution is 2.28. The molecule has 2 heterocycles. The summed E-state index contributed by atoms with van der Waals surface area (Å²) in [5, 5.41) is 0. The van der Waals surface area contributed by atoms with Crippen LogP contribution in [-0.2, 0) is 10.9 Å². The summed E-state index contributed by atoms with van der Waals surface area (Å²) in [4.78, 5) is 18.9. The number of nitrogens with zero attached hydrogens (tertiary/aromatic N) is 3. The van der Waals surface area contributed by atoms with Crippen molar-refractivity contribution in [2.45, 2.75) is 32.5 Å². The van der Waals surface area contributed by atoms with Gasteiger partial charge < -0.3 is 14.5 Å². The van der Waals surface area contributed by atoms with Crippen molar-refractivity contribution < 1.29 is 22.7 Å². The van der Waals surface area contributed by atoms with Crippen LogP contribution in [0.25, 0.3) is 0 Å². The molecule has 5 nitrogen and oxygen atoms in total. The smallest absolute Gasteiger partial charge is 0.433 e. The molecule has 8 heteroatoms. The molecule has 1 saturated heterocycles. The maximum atomic E-state index is 12.5. The van der Waals surface area contributed by atoms with Crippen LogP contribution in [0.1, 0.15) is 26.5 Å². The Balaban J connectivity index is 1.93. The summed E-state index contributed by atoms with van der Waals surface area (Å²) in [5.74, 6) is 0. The fraction of sp³-hybridized carbons (Fsp3) is 0.600. The second-order valence-corrected chi connectivity index (χ2v) is 6.35. The first kappa shape index (κ1) is 17.4. The molecule has 0 radical (unpaired) electrons. The van der Waals surface area contributed by atoms with Crippen LogP contribution in [0.3, 0.4) is 0 Å². The van der Waals surface area contributed by atoms with Gasteiger partial charge in [-0.25, -0.2) is 9.78 Å². The SMILES string of the molecule is CC(C)(C)OC(=O)N1CCN(c2ccc(C(F)(F)F)nc2)CC1. The summed E-state index contributed by atoms with van der Waals surface area (Å²) in [5.41, 5.74) is -0.846. The molecule has 1 aliphatic rings.